The van der Waals surface area contributed by atoms with Gasteiger partial charge in [0.2, 0.25) is 0 Å². The van der Waals surface area contributed by atoms with Crippen LogP contribution >= 0.6 is 0 Å². The number of nitrogens with zero attached hydrogens (tertiary/aromatic N) is 5. The first-order valence-electron chi connectivity index (χ1n) is 23.1. The van der Waals surface area contributed by atoms with Crippen molar-refractivity contribution in [1.82, 2.24) is 24.1 Å². The molecule has 3 heterocycles. The van der Waals surface area contributed by atoms with Crippen LogP contribution < -0.4 is 0 Å². The lowest BCUT2D eigenvalue weighted by Crippen LogP contribution is -2.02. The Hall–Kier alpha value is -9.19. The minimum atomic E-state index is 0.627. The molecule has 0 bridgehead atoms. The van der Waals surface area contributed by atoms with Gasteiger partial charge in [-0.2, -0.15) is 0 Å². The van der Waals surface area contributed by atoms with Crippen LogP contribution in [0, 0.1) is 0 Å². The van der Waals surface area contributed by atoms with E-state index in [0.717, 1.165) is 60.8 Å². The third-order valence-corrected chi connectivity index (χ3v) is 13.7. The summed E-state index contributed by atoms with van der Waals surface area (Å²) in [6.45, 7) is 0. The normalized spacial score (nSPS) is 11.8. The zero-order valence-electron chi connectivity index (χ0n) is 36.8. The van der Waals surface area contributed by atoms with Crippen molar-refractivity contribution >= 4 is 75.9 Å². The maximum Gasteiger partial charge on any atom is 0.164 e. The van der Waals surface area contributed by atoms with Gasteiger partial charge in [0.05, 0.1) is 33.4 Å². The fraction of sp³-hybridized carbons (Fsp3) is 0. The lowest BCUT2D eigenvalue weighted by molar-refractivity contribution is 1.08. The fourth-order valence-electron chi connectivity index (χ4n) is 10.6. The molecule has 0 saturated carbocycles. The van der Waals surface area contributed by atoms with E-state index in [9.17, 15) is 0 Å². The molecule has 0 saturated heterocycles. The third-order valence-electron chi connectivity index (χ3n) is 13.7. The van der Waals surface area contributed by atoms with Crippen molar-refractivity contribution in [2.24, 2.45) is 0 Å². The predicted molar refractivity (Wildman–Crippen MR) is 283 cm³/mol. The zero-order chi connectivity index (χ0) is 44.7. The second-order valence-electron chi connectivity index (χ2n) is 17.6. The molecule has 0 radical (unpaired) electrons. The Bertz CT molecular complexity index is 4320. The van der Waals surface area contributed by atoms with Crippen LogP contribution in [0.15, 0.2) is 237 Å². The topological polar surface area (TPSA) is 48.5 Å². The number of benzene rings is 11. The van der Waals surface area contributed by atoms with Gasteiger partial charge in [-0.15, -0.1) is 0 Å². The quantitative estimate of drug-likeness (QED) is 0.167. The summed E-state index contributed by atoms with van der Waals surface area (Å²) in [5, 5.41) is 11.8. The molecule has 5 nitrogen and oxygen atoms in total. The summed E-state index contributed by atoms with van der Waals surface area (Å²) >= 11 is 0. The molecule has 316 valence electrons. The van der Waals surface area contributed by atoms with Crippen LogP contribution in [0.4, 0.5) is 0 Å². The van der Waals surface area contributed by atoms with Crippen LogP contribution in [0.5, 0.6) is 0 Å². The lowest BCUT2D eigenvalue weighted by Gasteiger charge is -2.16. The molecule has 68 heavy (non-hydrogen) atoms. The largest absolute Gasteiger partial charge is 0.309 e. The molecule has 0 N–H and O–H groups in total. The highest BCUT2D eigenvalue weighted by molar-refractivity contribution is 6.25. The van der Waals surface area contributed by atoms with Gasteiger partial charge in [-0.25, -0.2) is 15.0 Å². The van der Waals surface area contributed by atoms with Gasteiger partial charge < -0.3 is 9.13 Å². The van der Waals surface area contributed by atoms with E-state index in [-0.39, 0.29) is 0 Å². The van der Waals surface area contributed by atoms with Crippen LogP contribution in [0.2, 0.25) is 0 Å². The molecule has 0 aliphatic heterocycles. The Labute approximate surface area is 391 Å². The molecule has 3 aromatic heterocycles. The minimum Gasteiger partial charge on any atom is -0.309 e. The first-order valence-corrected chi connectivity index (χ1v) is 23.1. The van der Waals surface area contributed by atoms with Gasteiger partial charge in [0.15, 0.2) is 17.5 Å². The highest BCUT2D eigenvalue weighted by Gasteiger charge is 2.23. The summed E-state index contributed by atoms with van der Waals surface area (Å²) in [7, 11) is 0. The molecule has 14 rings (SSSR count). The van der Waals surface area contributed by atoms with Crippen LogP contribution in [-0.2, 0) is 0 Å². The van der Waals surface area contributed by atoms with Crippen LogP contribution in [0.3, 0.4) is 0 Å². The lowest BCUT2D eigenvalue weighted by atomic mass is 10.0. The van der Waals surface area contributed by atoms with Crippen molar-refractivity contribution in [3.8, 4) is 56.7 Å². The summed E-state index contributed by atoms with van der Waals surface area (Å²) in [6.07, 6.45) is 0. The Morgan fingerprint density at radius 3 is 1.66 bits per heavy atom. The Balaban J connectivity index is 1.04. The van der Waals surface area contributed by atoms with E-state index < -0.39 is 0 Å². The van der Waals surface area contributed by atoms with E-state index in [4.69, 9.17) is 15.0 Å². The highest BCUT2D eigenvalue weighted by Crippen LogP contribution is 2.44. The Morgan fingerprint density at radius 1 is 0.250 bits per heavy atom. The molecule has 0 aliphatic rings. The Morgan fingerprint density at radius 2 is 0.838 bits per heavy atom. The van der Waals surface area contributed by atoms with E-state index in [2.05, 4.69) is 228 Å². The van der Waals surface area contributed by atoms with Crippen LogP contribution in [0.1, 0.15) is 0 Å². The molecule has 0 unspecified atom stereocenters. The van der Waals surface area contributed by atoms with Gasteiger partial charge >= 0.3 is 0 Å². The molecule has 0 amide bonds. The number of fused-ring (bicyclic) bond motifs is 10. The maximum absolute atomic E-state index is 5.26. The number of hydrogen-bond donors (Lipinski definition) is 0. The van der Waals surface area contributed by atoms with Crippen LogP contribution in [-0.4, -0.2) is 24.1 Å². The van der Waals surface area contributed by atoms with Gasteiger partial charge in [0.1, 0.15) is 0 Å². The predicted octanol–water partition coefficient (Wildman–Crippen LogP) is 16.2. The van der Waals surface area contributed by atoms with Crippen molar-refractivity contribution < 1.29 is 0 Å². The minimum absolute atomic E-state index is 0.627. The smallest absolute Gasteiger partial charge is 0.164 e. The molecule has 0 fully saturated rings. The van der Waals surface area contributed by atoms with Gasteiger partial charge in [0.25, 0.3) is 0 Å². The maximum atomic E-state index is 5.26. The molecule has 14 aromatic rings. The molecular formula is C63H39N5. The monoisotopic (exact) mass is 865 g/mol. The van der Waals surface area contributed by atoms with Crippen LogP contribution in [0.25, 0.3) is 133 Å². The average Bonchev–Trinajstić information content (AvgIpc) is 3.92. The standard InChI is InChI=1S/C63H39N5/c1-3-18-41(19-4-1)46-24-13-15-29-54(46)68-57-35-33-42-20-9-10-25-47(42)60(57)53-38-52-50-28-14-16-30-55(50)67(58(52)39-59(53)68)56-36-34-51(48-26-11-12-27-49(48)56)63-65-61(43-21-5-2-6-22-43)64-62(66-63)45-32-31-40-17-7-8-23-44(40)37-45/h1-39H. The number of para-hydroxylation sites is 2. The SMILES string of the molecule is c1ccc(-c2nc(-c3ccc4ccccc4c3)nc(-c3ccc(-n4c5ccccc5c5cc6c7c8ccccc8ccc7n(-c7ccccc7-c7ccccc7)c6cc54)c4ccccc34)n2)cc1. The summed E-state index contributed by atoms with van der Waals surface area (Å²) in [5.74, 6) is 1.90. The number of aromatic nitrogens is 5. The second-order valence-corrected chi connectivity index (χ2v) is 17.6. The fourth-order valence-corrected chi connectivity index (χ4v) is 10.6. The summed E-state index contributed by atoms with van der Waals surface area (Å²) in [6, 6.07) is 84.8. The van der Waals surface area contributed by atoms with Crippen molar-refractivity contribution in [2.45, 2.75) is 0 Å². The summed E-state index contributed by atoms with van der Waals surface area (Å²) in [4.78, 5) is 15.6. The first kappa shape index (κ1) is 38.1. The first-order chi connectivity index (χ1) is 33.7. The summed E-state index contributed by atoms with van der Waals surface area (Å²) < 4.78 is 4.95. The highest BCUT2D eigenvalue weighted by atomic mass is 15.0. The number of rotatable bonds is 6. The van der Waals surface area contributed by atoms with Crippen molar-refractivity contribution in [1.29, 1.82) is 0 Å². The van der Waals surface area contributed by atoms with Crippen molar-refractivity contribution in [3.05, 3.63) is 237 Å². The van der Waals surface area contributed by atoms with E-state index >= 15 is 0 Å². The average molecular weight is 866 g/mol. The van der Waals surface area contributed by atoms with E-state index in [1.54, 1.807) is 0 Å². The third kappa shape index (κ3) is 5.93. The van der Waals surface area contributed by atoms with Gasteiger partial charge in [-0.3, -0.25) is 0 Å². The molecule has 0 atom stereocenters. The molecular weight excluding hydrogens is 827 g/mol. The van der Waals surface area contributed by atoms with E-state index in [0.29, 0.717) is 17.5 Å². The second kappa shape index (κ2) is 15.2. The van der Waals surface area contributed by atoms with E-state index in [1.165, 1.54) is 54.3 Å². The molecule has 0 spiro atoms. The number of hydrogen-bond acceptors (Lipinski definition) is 3. The summed E-state index contributed by atoms with van der Waals surface area (Å²) in [5.41, 5.74) is 12.0. The van der Waals surface area contributed by atoms with Crippen molar-refractivity contribution in [3.63, 3.8) is 0 Å². The van der Waals surface area contributed by atoms with Gasteiger partial charge in [0, 0.05) is 49.2 Å². The molecule has 11 aromatic carbocycles. The van der Waals surface area contributed by atoms with E-state index in [1.807, 2.05) is 18.2 Å². The van der Waals surface area contributed by atoms with Gasteiger partial charge in [-0.05, 0) is 81.0 Å². The molecule has 0 aliphatic carbocycles. The van der Waals surface area contributed by atoms with Gasteiger partial charge in [-0.1, -0.05) is 188 Å². The zero-order valence-corrected chi connectivity index (χ0v) is 36.8. The molecule has 5 heteroatoms. The Kier molecular flexibility index (Phi) is 8.52. The van der Waals surface area contributed by atoms with Crippen molar-refractivity contribution in [2.75, 3.05) is 0 Å².